The van der Waals surface area contributed by atoms with Crippen molar-refractivity contribution in [1.82, 2.24) is 19.2 Å². The third-order valence-corrected chi connectivity index (χ3v) is 6.32. The van der Waals surface area contributed by atoms with Crippen LogP contribution in [0.2, 0.25) is 0 Å². The van der Waals surface area contributed by atoms with Crippen LogP contribution in [0, 0.1) is 6.92 Å². The van der Waals surface area contributed by atoms with Crippen molar-refractivity contribution in [2.75, 3.05) is 14.1 Å². The van der Waals surface area contributed by atoms with Gasteiger partial charge in [-0.25, -0.2) is 4.68 Å². The minimum atomic E-state index is -0.536. The molecule has 0 unspecified atom stereocenters. The fourth-order valence-corrected chi connectivity index (χ4v) is 4.38. The molecule has 0 fully saturated rings. The van der Waals surface area contributed by atoms with Gasteiger partial charge >= 0.3 is 0 Å². The summed E-state index contributed by atoms with van der Waals surface area (Å²) in [5.74, 6) is -0.537. The first kappa shape index (κ1) is 23.1. The summed E-state index contributed by atoms with van der Waals surface area (Å²) >= 11 is 0. The molecule has 2 N–H and O–H groups in total. The van der Waals surface area contributed by atoms with Crippen LogP contribution in [0.1, 0.15) is 32.1 Å². The van der Waals surface area contributed by atoms with Gasteiger partial charge in [0.15, 0.2) is 5.69 Å². The van der Waals surface area contributed by atoms with Crippen LogP contribution >= 0.6 is 0 Å². The van der Waals surface area contributed by atoms with E-state index in [1.165, 1.54) is 5.56 Å². The van der Waals surface area contributed by atoms with E-state index in [0.717, 1.165) is 40.0 Å². The van der Waals surface area contributed by atoms with E-state index in [1.54, 1.807) is 29.7 Å². The van der Waals surface area contributed by atoms with E-state index in [-0.39, 0.29) is 11.6 Å². The molecule has 0 aliphatic carbocycles. The highest BCUT2D eigenvalue weighted by molar-refractivity contribution is 5.94. The standard InChI is InChI=1S/C29H27N5O2/c1-19-16-26(28(30)35)31-34(19)25-12-13-27-24(17-25)14-15-33(27)18-20-4-6-21(7-5-20)22-8-10-23(11-9-22)29(36)32(2)3/h4-17H,18H2,1-3H3,(H2,30,35). The Morgan fingerprint density at radius 2 is 1.56 bits per heavy atom. The molecule has 5 rings (SSSR count). The van der Waals surface area contributed by atoms with Crippen LogP contribution in [-0.4, -0.2) is 45.2 Å². The van der Waals surface area contributed by atoms with Gasteiger partial charge in [0, 0.05) is 49.0 Å². The lowest BCUT2D eigenvalue weighted by Gasteiger charge is -2.11. The van der Waals surface area contributed by atoms with Gasteiger partial charge in [-0.05, 0) is 66.1 Å². The molecule has 0 aliphatic rings. The highest BCUT2D eigenvalue weighted by atomic mass is 16.2. The number of primary amides is 1. The Balaban J connectivity index is 1.34. The second-order valence-electron chi connectivity index (χ2n) is 9.11. The molecular formula is C29H27N5O2. The Bertz CT molecular complexity index is 1570. The molecule has 3 aromatic carbocycles. The number of benzene rings is 3. The van der Waals surface area contributed by atoms with E-state index in [4.69, 9.17) is 5.73 Å². The van der Waals surface area contributed by atoms with Crippen LogP contribution in [0.5, 0.6) is 0 Å². The van der Waals surface area contributed by atoms with Crippen molar-refractivity contribution in [3.05, 3.63) is 108 Å². The third kappa shape index (κ3) is 4.38. The number of aryl methyl sites for hydroxylation is 1. The lowest BCUT2D eigenvalue weighted by molar-refractivity contribution is 0.0827. The Labute approximate surface area is 209 Å². The average Bonchev–Trinajstić information content (AvgIpc) is 3.47. The zero-order valence-corrected chi connectivity index (χ0v) is 20.5. The fourth-order valence-electron chi connectivity index (χ4n) is 4.38. The van der Waals surface area contributed by atoms with Gasteiger partial charge in [-0.2, -0.15) is 5.10 Å². The molecule has 7 nitrogen and oxygen atoms in total. The van der Waals surface area contributed by atoms with Crippen LogP contribution in [0.25, 0.3) is 27.7 Å². The van der Waals surface area contributed by atoms with E-state index >= 15 is 0 Å². The first-order chi connectivity index (χ1) is 17.3. The predicted molar refractivity (Wildman–Crippen MR) is 141 cm³/mol. The summed E-state index contributed by atoms with van der Waals surface area (Å²) in [5, 5.41) is 5.42. The zero-order chi connectivity index (χ0) is 25.4. The van der Waals surface area contributed by atoms with Gasteiger partial charge in [0.25, 0.3) is 11.8 Å². The van der Waals surface area contributed by atoms with Gasteiger partial charge in [0.05, 0.1) is 5.69 Å². The van der Waals surface area contributed by atoms with E-state index in [0.29, 0.717) is 5.56 Å². The summed E-state index contributed by atoms with van der Waals surface area (Å²) in [4.78, 5) is 25.2. The number of nitrogens with zero attached hydrogens (tertiary/aromatic N) is 4. The van der Waals surface area contributed by atoms with Gasteiger partial charge in [-0.1, -0.05) is 36.4 Å². The molecule has 0 bridgehead atoms. The maximum Gasteiger partial charge on any atom is 0.269 e. The van der Waals surface area contributed by atoms with Crippen LogP contribution in [0.3, 0.4) is 0 Å². The zero-order valence-electron chi connectivity index (χ0n) is 20.5. The van der Waals surface area contributed by atoms with Crippen molar-refractivity contribution in [1.29, 1.82) is 0 Å². The number of nitrogens with two attached hydrogens (primary N) is 1. The number of amides is 2. The van der Waals surface area contributed by atoms with Crippen LogP contribution < -0.4 is 5.73 Å². The maximum atomic E-state index is 12.1. The summed E-state index contributed by atoms with van der Waals surface area (Å²) in [5.41, 5.74) is 12.5. The molecule has 0 aliphatic heterocycles. The number of carbonyl (C=O) groups excluding carboxylic acids is 2. The van der Waals surface area contributed by atoms with Gasteiger partial charge in [0.1, 0.15) is 0 Å². The molecule has 5 aromatic rings. The minimum absolute atomic E-state index is 0.00173. The third-order valence-electron chi connectivity index (χ3n) is 6.32. The van der Waals surface area contributed by atoms with Crippen molar-refractivity contribution in [2.45, 2.75) is 13.5 Å². The molecule has 2 heterocycles. The molecule has 0 spiro atoms. The molecule has 0 radical (unpaired) electrons. The topological polar surface area (TPSA) is 86.1 Å². The van der Waals surface area contributed by atoms with Crippen LogP contribution in [0.4, 0.5) is 0 Å². The fraction of sp³-hybridized carbons (Fsp3) is 0.138. The van der Waals surface area contributed by atoms with Crippen LogP contribution in [0.15, 0.2) is 85.1 Å². The van der Waals surface area contributed by atoms with Crippen molar-refractivity contribution >= 4 is 22.7 Å². The Morgan fingerprint density at radius 1 is 0.889 bits per heavy atom. The number of aromatic nitrogens is 3. The molecule has 0 saturated heterocycles. The highest BCUT2D eigenvalue weighted by Crippen LogP contribution is 2.24. The highest BCUT2D eigenvalue weighted by Gasteiger charge is 2.12. The Hall–Kier alpha value is -4.65. The van der Waals surface area contributed by atoms with Crippen molar-refractivity contribution in [3.8, 4) is 16.8 Å². The second kappa shape index (κ2) is 9.19. The summed E-state index contributed by atoms with van der Waals surface area (Å²) < 4.78 is 3.94. The molecule has 180 valence electrons. The molecule has 0 atom stereocenters. The predicted octanol–water partition coefficient (Wildman–Crippen LogP) is 4.65. The Morgan fingerprint density at radius 3 is 2.17 bits per heavy atom. The monoisotopic (exact) mass is 477 g/mol. The lowest BCUT2D eigenvalue weighted by Crippen LogP contribution is -2.21. The number of carbonyl (C=O) groups is 2. The number of hydrogen-bond acceptors (Lipinski definition) is 3. The second-order valence-corrected chi connectivity index (χ2v) is 9.11. The lowest BCUT2D eigenvalue weighted by atomic mass is 10.0. The molecule has 0 saturated carbocycles. The maximum absolute atomic E-state index is 12.1. The smallest absolute Gasteiger partial charge is 0.269 e. The first-order valence-corrected chi connectivity index (χ1v) is 11.7. The summed E-state index contributed by atoms with van der Waals surface area (Å²) in [6.45, 7) is 2.64. The normalized spacial score (nSPS) is 11.1. The molecule has 36 heavy (non-hydrogen) atoms. The first-order valence-electron chi connectivity index (χ1n) is 11.7. The summed E-state index contributed by atoms with van der Waals surface area (Å²) in [6.07, 6.45) is 2.08. The molecule has 2 aromatic heterocycles. The number of rotatable bonds is 6. The largest absolute Gasteiger partial charge is 0.364 e. The van der Waals surface area contributed by atoms with Crippen LogP contribution in [-0.2, 0) is 6.54 Å². The molecular weight excluding hydrogens is 450 g/mol. The van der Waals surface area contributed by atoms with E-state index < -0.39 is 5.91 Å². The van der Waals surface area contributed by atoms with Gasteiger partial charge in [0.2, 0.25) is 0 Å². The average molecular weight is 478 g/mol. The van der Waals surface area contributed by atoms with Gasteiger partial charge in [-0.3, -0.25) is 9.59 Å². The van der Waals surface area contributed by atoms with Gasteiger partial charge in [-0.15, -0.1) is 0 Å². The van der Waals surface area contributed by atoms with Crippen molar-refractivity contribution in [2.24, 2.45) is 5.73 Å². The van der Waals surface area contributed by atoms with E-state index in [2.05, 4.69) is 58.3 Å². The SMILES string of the molecule is Cc1cc(C(N)=O)nn1-c1ccc2c(ccn2Cc2ccc(-c3ccc(C(=O)N(C)C)cc3)cc2)c1. The van der Waals surface area contributed by atoms with E-state index in [1.807, 2.05) is 37.3 Å². The number of fused-ring (bicyclic) bond motifs is 1. The van der Waals surface area contributed by atoms with E-state index in [9.17, 15) is 9.59 Å². The van der Waals surface area contributed by atoms with Crippen molar-refractivity contribution in [3.63, 3.8) is 0 Å². The van der Waals surface area contributed by atoms with Gasteiger partial charge < -0.3 is 15.2 Å². The quantitative estimate of drug-likeness (QED) is 0.386. The molecule has 2 amide bonds. The minimum Gasteiger partial charge on any atom is -0.364 e. The summed E-state index contributed by atoms with van der Waals surface area (Å²) in [7, 11) is 3.51. The van der Waals surface area contributed by atoms with Crippen molar-refractivity contribution < 1.29 is 9.59 Å². The molecule has 7 heteroatoms. The summed E-state index contributed by atoms with van der Waals surface area (Å²) in [6, 6.07) is 26.1. The Kier molecular flexibility index (Phi) is 5.90. The number of hydrogen-bond donors (Lipinski definition) is 1.